The lowest BCUT2D eigenvalue weighted by Crippen LogP contribution is -2.30. The lowest BCUT2D eigenvalue weighted by atomic mass is 9.95. The number of para-hydroxylation sites is 2. The van der Waals surface area contributed by atoms with Crippen LogP contribution in [0.4, 0.5) is 11.4 Å². The van der Waals surface area contributed by atoms with Crippen LogP contribution in [0, 0.1) is 0 Å². The summed E-state index contributed by atoms with van der Waals surface area (Å²) in [7, 11) is 0. The molecular weight excluding hydrogens is 755 g/mol. The number of anilines is 2. The summed E-state index contributed by atoms with van der Waals surface area (Å²) in [4.78, 5) is 12.7. The number of benzene rings is 8. The summed E-state index contributed by atoms with van der Waals surface area (Å²) in [6, 6.07) is 74.4. The number of fused-ring (bicyclic) bond motifs is 3. The van der Waals surface area contributed by atoms with Crippen molar-refractivity contribution >= 4 is 38.9 Å². The van der Waals surface area contributed by atoms with E-state index in [1.807, 2.05) is 36.4 Å². The highest BCUT2D eigenvalue weighted by molar-refractivity contribution is 6.13. The monoisotopic (exact) mass is 795 g/mol. The van der Waals surface area contributed by atoms with Gasteiger partial charge in [0.15, 0.2) is 11.4 Å². The molecular formula is C58H41N3O. The summed E-state index contributed by atoms with van der Waals surface area (Å²) in [5.41, 5.74) is 15.5. The zero-order valence-electron chi connectivity index (χ0n) is 34.0. The van der Waals surface area contributed by atoms with Crippen LogP contribution in [0.25, 0.3) is 83.7 Å². The van der Waals surface area contributed by atoms with Gasteiger partial charge in [0.2, 0.25) is 0 Å². The fourth-order valence-electron chi connectivity index (χ4n) is 8.74. The van der Waals surface area contributed by atoms with Crippen LogP contribution in [0.2, 0.25) is 0 Å². The first kappa shape index (κ1) is 37.0. The van der Waals surface area contributed by atoms with Gasteiger partial charge in [0.1, 0.15) is 5.58 Å². The summed E-state index contributed by atoms with van der Waals surface area (Å²) in [5, 5.41) is 2.15. The lowest BCUT2D eigenvalue weighted by Gasteiger charge is -2.33. The molecule has 62 heavy (non-hydrogen) atoms. The van der Waals surface area contributed by atoms with Crippen molar-refractivity contribution in [3.63, 3.8) is 0 Å². The van der Waals surface area contributed by atoms with Gasteiger partial charge in [-0.3, -0.25) is 0 Å². The van der Waals surface area contributed by atoms with E-state index in [0.717, 1.165) is 78.9 Å². The Kier molecular flexibility index (Phi) is 9.64. The van der Waals surface area contributed by atoms with Crippen LogP contribution >= 0.6 is 0 Å². The molecule has 4 heteroatoms. The van der Waals surface area contributed by atoms with Crippen molar-refractivity contribution in [2.45, 2.75) is 12.5 Å². The molecule has 8 aromatic carbocycles. The molecule has 0 bridgehead atoms. The summed E-state index contributed by atoms with van der Waals surface area (Å²) >= 11 is 0. The molecule has 1 atom stereocenters. The minimum absolute atomic E-state index is 0.0624. The first-order valence-electron chi connectivity index (χ1n) is 21.2. The highest BCUT2D eigenvalue weighted by Crippen LogP contribution is 2.44. The maximum absolute atomic E-state index is 7.13. The Morgan fingerprint density at radius 2 is 0.968 bits per heavy atom. The highest BCUT2D eigenvalue weighted by Gasteiger charge is 2.25. The third kappa shape index (κ3) is 7.08. The number of rotatable bonds is 9. The third-order valence-electron chi connectivity index (χ3n) is 11.8. The normalized spacial score (nSPS) is 13.6. The van der Waals surface area contributed by atoms with E-state index >= 15 is 0 Å². The topological polar surface area (TPSA) is 42.2 Å². The van der Waals surface area contributed by atoms with Crippen molar-refractivity contribution < 1.29 is 4.42 Å². The van der Waals surface area contributed by atoms with Crippen molar-refractivity contribution in [2.24, 2.45) is 0 Å². The second kappa shape index (κ2) is 16.2. The maximum atomic E-state index is 7.13. The van der Waals surface area contributed by atoms with Gasteiger partial charge >= 0.3 is 0 Å². The number of hydrogen-bond donors (Lipinski definition) is 0. The van der Waals surface area contributed by atoms with Gasteiger partial charge in [-0.25, -0.2) is 9.97 Å². The summed E-state index contributed by atoms with van der Waals surface area (Å²) in [6.07, 6.45) is 7.80. The third-order valence-corrected chi connectivity index (χ3v) is 11.8. The van der Waals surface area contributed by atoms with E-state index in [-0.39, 0.29) is 6.04 Å². The second-order valence-electron chi connectivity index (χ2n) is 15.7. The number of allylic oxidation sites excluding steroid dienone is 2. The average molecular weight is 796 g/mol. The fourth-order valence-corrected chi connectivity index (χ4v) is 8.74. The Hall–Kier alpha value is -8.08. The molecule has 0 radical (unpaired) electrons. The van der Waals surface area contributed by atoms with Gasteiger partial charge in [0.25, 0.3) is 0 Å². The van der Waals surface area contributed by atoms with Gasteiger partial charge in [-0.15, -0.1) is 0 Å². The molecule has 10 aromatic rings. The molecule has 0 amide bonds. The van der Waals surface area contributed by atoms with Crippen molar-refractivity contribution in [1.29, 1.82) is 0 Å². The molecule has 4 nitrogen and oxygen atoms in total. The van der Waals surface area contributed by atoms with Crippen LogP contribution in [0.3, 0.4) is 0 Å². The molecule has 0 saturated carbocycles. The molecule has 2 aromatic heterocycles. The van der Waals surface area contributed by atoms with E-state index in [0.29, 0.717) is 5.82 Å². The Labute approximate surface area is 361 Å². The van der Waals surface area contributed by atoms with E-state index in [1.165, 1.54) is 22.3 Å². The molecule has 0 N–H and O–H groups in total. The van der Waals surface area contributed by atoms with Gasteiger partial charge in [0, 0.05) is 38.7 Å². The number of aromatic nitrogens is 2. The number of nitrogens with zero attached hydrogens (tertiary/aromatic N) is 3. The van der Waals surface area contributed by atoms with Crippen LogP contribution in [-0.4, -0.2) is 16.0 Å². The molecule has 294 valence electrons. The van der Waals surface area contributed by atoms with E-state index in [4.69, 9.17) is 14.4 Å². The second-order valence-corrected chi connectivity index (χ2v) is 15.7. The number of hydrogen-bond acceptors (Lipinski definition) is 4. The van der Waals surface area contributed by atoms with E-state index < -0.39 is 0 Å². The fraction of sp³-hybridized carbons (Fsp3) is 0.0345. The smallest absolute Gasteiger partial charge is 0.160 e. The van der Waals surface area contributed by atoms with E-state index in [9.17, 15) is 0 Å². The van der Waals surface area contributed by atoms with Gasteiger partial charge < -0.3 is 9.32 Å². The molecule has 1 aliphatic rings. The molecule has 0 spiro atoms. The van der Waals surface area contributed by atoms with E-state index in [1.54, 1.807) is 0 Å². The standard InChI is InChI=1S/C58H41N3O/c1-5-16-40(17-6-1)42-30-34-48(35-31-42)61(49-36-32-43(33-37-49)41-18-7-2-8-19-41)55-29-15-28-52-51-27-14-26-50(56(51)62-57(52)55)46-24-13-25-47(38-46)58-59-53(44-20-9-3-10-21-44)39-54(60-58)45-22-11-4-12-23-45/h1-36,38-39,49H,37H2. The minimum Gasteiger partial charge on any atom is -0.453 e. The SMILES string of the molecule is C1=CC(N(c2ccc(-c3ccccc3)cc2)c2cccc3c2oc2c(-c4cccc(-c5nc(-c6ccccc6)cc(-c6ccccc6)n5)c4)cccc23)CC=C1c1ccccc1. The largest absolute Gasteiger partial charge is 0.453 e. The summed E-state index contributed by atoms with van der Waals surface area (Å²) in [6.45, 7) is 0. The van der Waals surface area contributed by atoms with Gasteiger partial charge in [-0.2, -0.15) is 0 Å². The van der Waals surface area contributed by atoms with Crippen LogP contribution < -0.4 is 4.90 Å². The molecule has 1 aliphatic carbocycles. The van der Waals surface area contributed by atoms with E-state index in [2.05, 4.69) is 199 Å². The zero-order chi connectivity index (χ0) is 41.2. The minimum atomic E-state index is 0.0624. The van der Waals surface area contributed by atoms with Crippen molar-refractivity contribution in [3.8, 4) is 56.2 Å². The Morgan fingerprint density at radius 3 is 1.60 bits per heavy atom. The average Bonchev–Trinajstić information content (AvgIpc) is 3.75. The Bertz CT molecular complexity index is 3190. The molecule has 0 fully saturated rings. The van der Waals surface area contributed by atoms with Gasteiger partial charge in [-0.1, -0.05) is 200 Å². The zero-order valence-corrected chi connectivity index (χ0v) is 34.0. The molecule has 11 rings (SSSR count). The Balaban J connectivity index is 1.02. The van der Waals surface area contributed by atoms with Crippen LogP contribution in [0.15, 0.2) is 235 Å². The summed E-state index contributed by atoms with van der Waals surface area (Å²) in [5.74, 6) is 0.671. The molecule has 0 aliphatic heterocycles. The molecule has 2 heterocycles. The molecule has 1 unspecified atom stereocenters. The first-order chi connectivity index (χ1) is 30.7. The number of furan rings is 1. The lowest BCUT2D eigenvalue weighted by molar-refractivity contribution is 0.665. The maximum Gasteiger partial charge on any atom is 0.160 e. The quantitative estimate of drug-likeness (QED) is 0.146. The van der Waals surface area contributed by atoms with Crippen molar-refractivity contribution in [1.82, 2.24) is 9.97 Å². The van der Waals surface area contributed by atoms with Crippen molar-refractivity contribution in [3.05, 3.63) is 236 Å². The van der Waals surface area contributed by atoms with Gasteiger partial charge in [-0.05, 0) is 64.6 Å². The van der Waals surface area contributed by atoms with Crippen LogP contribution in [0.1, 0.15) is 12.0 Å². The summed E-state index contributed by atoms with van der Waals surface area (Å²) < 4.78 is 7.13. The molecule has 0 saturated heterocycles. The predicted octanol–water partition coefficient (Wildman–Crippen LogP) is 15.3. The van der Waals surface area contributed by atoms with Crippen molar-refractivity contribution in [2.75, 3.05) is 4.90 Å². The predicted molar refractivity (Wildman–Crippen MR) is 257 cm³/mol. The first-order valence-corrected chi connectivity index (χ1v) is 21.2. The van der Waals surface area contributed by atoms with Crippen LogP contribution in [-0.2, 0) is 0 Å². The van der Waals surface area contributed by atoms with Gasteiger partial charge in [0.05, 0.1) is 23.1 Å². The highest BCUT2D eigenvalue weighted by atomic mass is 16.3. The Morgan fingerprint density at radius 1 is 0.435 bits per heavy atom. The van der Waals surface area contributed by atoms with Crippen LogP contribution in [0.5, 0.6) is 0 Å².